The summed E-state index contributed by atoms with van der Waals surface area (Å²) < 4.78 is 29.1. The maximum absolute atomic E-state index is 12.5. The second kappa shape index (κ2) is 7.30. The Morgan fingerprint density at radius 1 is 1.48 bits per heavy atom. The molecular weight excluding hydrogens is 292 g/mol. The summed E-state index contributed by atoms with van der Waals surface area (Å²) in [6.07, 6.45) is 4.22. The van der Waals surface area contributed by atoms with Gasteiger partial charge in [0.15, 0.2) is 0 Å². The summed E-state index contributed by atoms with van der Waals surface area (Å²) in [7, 11) is -3.50. The predicted molar refractivity (Wildman–Crippen MR) is 79.6 cm³/mol. The lowest BCUT2D eigenvalue weighted by molar-refractivity contribution is 0.239. The van der Waals surface area contributed by atoms with E-state index in [9.17, 15) is 8.42 Å². The third-order valence-electron chi connectivity index (χ3n) is 3.53. The van der Waals surface area contributed by atoms with Crippen molar-refractivity contribution < 1.29 is 8.42 Å². The van der Waals surface area contributed by atoms with Gasteiger partial charge in [-0.05, 0) is 12.8 Å². The zero-order chi connectivity index (χ0) is 15.3. The van der Waals surface area contributed by atoms with Crippen molar-refractivity contribution in [3.8, 4) is 0 Å². The van der Waals surface area contributed by atoms with Crippen LogP contribution >= 0.6 is 0 Å². The minimum atomic E-state index is -3.50. The molecule has 0 bridgehead atoms. The van der Waals surface area contributed by atoms with Crippen LogP contribution in [-0.4, -0.2) is 53.1 Å². The topological polar surface area (TPSA) is 103 Å². The van der Waals surface area contributed by atoms with Crippen molar-refractivity contribution in [1.82, 2.24) is 29.5 Å². The zero-order valence-corrected chi connectivity index (χ0v) is 13.4. The molecule has 8 nitrogen and oxygen atoms in total. The molecule has 1 aliphatic rings. The highest BCUT2D eigenvalue weighted by Gasteiger charge is 2.31. The lowest BCUT2D eigenvalue weighted by Crippen LogP contribution is -2.52. The highest BCUT2D eigenvalue weighted by molar-refractivity contribution is 7.87. The minimum Gasteiger partial charge on any atom is -0.313 e. The number of aromatic amines is 1. The van der Waals surface area contributed by atoms with Gasteiger partial charge in [-0.3, -0.25) is 5.10 Å². The van der Waals surface area contributed by atoms with E-state index in [0.29, 0.717) is 25.0 Å². The largest absolute Gasteiger partial charge is 0.313 e. The van der Waals surface area contributed by atoms with Gasteiger partial charge in [0, 0.05) is 25.2 Å². The van der Waals surface area contributed by atoms with E-state index >= 15 is 0 Å². The molecule has 0 amide bonds. The van der Waals surface area contributed by atoms with Gasteiger partial charge in [-0.2, -0.15) is 22.5 Å². The van der Waals surface area contributed by atoms with Crippen LogP contribution in [-0.2, 0) is 16.8 Å². The van der Waals surface area contributed by atoms with Crippen LogP contribution in [0, 0.1) is 0 Å². The fourth-order valence-corrected chi connectivity index (χ4v) is 3.85. The van der Waals surface area contributed by atoms with Gasteiger partial charge in [-0.1, -0.05) is 20.3 Å². The van der Waals surface area contributed by atoms with E-state index in [0.717, 1.165) is 19.3 Å². The molecule has 0 aliphatic carbocycles. The van der Waals surface area contributed by atoms with Crippen molar-refractivity contribution in [2.24, 2.45) is 0 Å². The first-order valence-electron chi connectivity index (χ1n) is 7.33. The molecule has 21 heavy (non-hydrogen) atoms. The molecule has 0 saturated carbocycles. The van der Waals surface area contributed by atoms with Gasteiger partial charge in [0.1, 0.15) is 12.2 Å². The maximum atomic E-state index is 12.5. The number of aromatic nitrogens is 3. The second-order valence-electron chi connectivity index (χ2n) is 5.58. The van der Waals surface area contributed by atoms with E-state index in [2.05, 4.69) is 39.1 Å². The number of hydrogen-bond donors (Lipinski definition) is 3. The molecule has 1 unspecified atom stereocenters. The summed E-state index contributed by atoms with van der Waals surface area (Å²) in [5, 5.41) is 9.67. The Morgan fingerprint density at radius 3 is 2.95 bits per heavy atom. The van der Waals surface area contributed by atoms with Crippen LogP contribution in [0.1, 0.15) is 38.9 Å². The number of nitrogens with one attached hydrogen (secondary N) is 3. The lowest BCUT2D eigenvalue weighted by atomic mass is 10.0. The SMILES string of the molecule is CC(C)NCC1CCCCN1S(=O)(=O)NCc1ncn[nH]1. The van der Waals surface area contributed by atoms with Crippen LogP contribution in [0.3, 0.4) is 0 Å². The van der Waals surface area contributed by atoms with Crippen molar-refractivity contribution in [3.05, 3.63) is 12.2 Å². The summed E-state index contributed by atoms with van der Waals surface area (Å²) in [6.45, 7) is 5.49. The van der Waals surface area contributed by atoms with E-state index < -0.39 is 10.2 Å². The molecule has 1 saturated heterocycles. The van der Waals surface area contributed by atoms with Crippen LogP contribution in [0.4, 0.5) is 0 Å². The van der Waals surface area contributed by atoms with Crippen molar-refractivity contribution in [2.45, 2.75) is 51.7 Å². The molecule has 0 aromatic carbocycles. The summed E-state index contributed by atoms with van der Waals surface area (Å²) in [5.41, 5.74) is 0. The number of piperidine rings is 1. The van der Waals surface area contributed by atoms with Gasteiger partial charge in [0.05, 0.1) is 6.54 Å². The summed E-state index contributed by atoms with van der Waals surface area (Å²) in [4.78, 5) is 3.92. The monoisotopic (exact) mass is 316 g/mol. The normalized spacial score (nSPS) is 21.0. The average molecular weight is 316 g/mol. The first-order chi connectivity index (χ1) is 9.99. The third kappa shape index (κ3) is 4.73. The number of hydrogen-bond acceptors (Lipinski definition) is 5. The van der Waals surface area contributed by atoms with E-state index in [1.807, 2.05) is 0 Å². The molecule has 1 fully saturated rings. The lowest BCUT2D eigenvalue weighted by Gasteiger charge is -2.35. The number of rotatable bonds is 7. The van der Waals surface area contributed by atoms with Crippen LogP contribution in [0.25, 0.3) is 0 Å². The fraction of sp³-hybridized carbons (Fsp3) is 0.833. The van der Waals surface area contributed by atoms with Crippen molar-refractivity contribution in [3.63, 3.8) is 0 Å². The standard InChI is InChI=1S/C12H24N6O2S/c1-10(2)13-7-11-5-3-4-6-18(11)21(19,20)16-8-12-14-9-15-17-12/h9-11,13,16H,3-8H2,1-2H3,(H,14,15,17). The van der Waals surface area contributed by atoms with Gasteiger partial charge < -0.3 is 5.32 Å². The van der Waals surface area contributed by atoms with E-state index in [-0.39, 0.29) is 12.6 Å². The Bertz CT molecular complexity index is 516. The Morgan fingerprint density at radius 2 is 2.29 bits per heavy atom. The Hall–Kier alpha value is -1.03. The van der Waals surface area contributed by atoms with Gasteiger partial charge in [0.2, 0.25) is 0 Å². The zero-order valence-electron chi connectivity index (χ0n) is 12.5. The minimum absolute atomic E-state index is 0.00776. The molecule has 2 rings (SSSR count). The smallest absolute Gasteiger partial charge is 0.280 e. The van der Waals surface area contributed by atoms with Crippen molar-refractivity contribution in [1.29, 1.82) is 0 Å². The second-order valence-corrected chi connectivity index (χ2v) is 7.29. The summed E-state index contributed by atoms with van der Waals surface area (Å²) in [6, 6.07) is 0.354. The Labute approximate surface area is 125 Å². The first-order valence-corrected chi connectivity index (χ1v) is 8.77. The van der Waals surface area contributed by atoms with Crippen LogP contribution in [0.15, 0.2) is 6.33 Å². The molecule has 1 aliphatic heterocycles. The molecule has 120 valence electrons. The van der Waals surface area contributed by atoms with Crippen molar-refractivity contribution >= 4 is 10.2 Å². The van der Waals surface area contributed by atoms with Crippen LogP contribution in [0.5, 0.6) is 0 Å². The summed E-state index contributed by atoms with van der Waals surface area (Å²) in [5.74, 6) is 0.507. The predicted octanol–water partition coefficient (Wildman–Crippen LogP) is -0.00840. The van der Waals surface area contributed by atoms with Crippen LogP contribution in [0.2, 0.25) is 0 Å². The fourth-order valence-electron chi connectivity index (χ4n) is 2.42. The molecular formula is C12H24N6O2S. The maximum Gasteiger partial charge on any atom is 0.280 e. The number of nitrogens with zero attached hydrogens (tertiary/aromatic N) is 3. The molecule has 1 atom stereocenters. The molecule has 2 heterocycles. The van der Waals surface area contributed by atoms with Gasteiger partial charge in [0.25, 0.3) is 10.2 Å². The van der Waals surface area contributed by atoms with E-state index in [4.69, 9.17) is 0 Å². The molecule has 1 aromatic rings. The average Bonchev–Trinajstić information content (AvgIpc) is 2.97. The molecule has 0 radical (unpaired) electrons. The van der Waals surface area contributed by atoms with Gasteiger partial charge in [-0.25, -0.2) is 4.98 Å². The van der Waals surface area contributed by atoms with Gasteiger partial charge >= 0.3 is 0 Å². The van der Waals surface area contributed by atoms with Crippen LogP contribution < -0.4 is 10.0 Å². The third-order valence-corrected chi connectivity index (χ3v) is 5.14. The Balaban J connectivity index is 1.97. The molecule has 9 heteroatoms. The highest BCUT2D eigenvalue weighted by Crippen LogP contribution is 2.19. The van der Waals surface area contributed by atoms with E-state index in [1.54, 1.807) is 4.31 Å². The molecule has 1 aromatic heterocycles. The van der Waals surface area contributed by atoms with Gasteiger partial charge in [-0.15, -0.1) is 0 Å². The summed E-state index contributed by atoms with van der Waals surface area (Å²) >= 11 is 0. The molecule has 3 N–H and O–H groups in total. The number of H-pyrrole nitrogens is 1. The highest BCUT2D eigenvalue weighted by atomic mass is 32.2. The Kier molecular flexibility index (Phi) is 5.68. The van der Waals surface area contributed by atoms with E-state index in [1.165, 1.54) is 6.33 Å². The molecule has 0 spiro atoms. The quantitative estimate of drug-likeness (QED) is 0.656. The van der Waals surface area contributed by atoms with Crippen molar-refractivity contribution in [2.75, 3.05) is 13.1 Å². The first kappa shape index (κ1) is 16.3.